The lowest BCUT2D eigenvalue weighted by atomic mass is 10.2. The summed E-state index contributed by atoms with van der Waals surface area (Å²) in [5.74, 6) is -0.550. The third-order valence-corrected chi connectivity index (χ3v) is 2.82. The van der Waals surface area contributed by atoms with E-state index >= 15 is 0 Å². The van der Waals surface area contributed by atoms with E-state index in [9.17, 15) is 9.59 Å². The van der Waals surface area contributed by atoms with Crippen molar-refractivity contribution in [3.63, 3.8) is 0 Å². The Kier molecular flexibility index (Phi) is 3.57. The second-order valence-corrected chi connectivity index (χ2v) is 4.56. The van der Waals surface area contributed by atoms with Crippen LogP contribution in [-0.2, 0) is 9.59 Å². The van der Waals surface area contributed by atoms with Crippen LogP contribution in [-0.4, -0.2) is 41.3 Å². The molecule has 1 fully saturated rings. The van der Waals surface area contributed by atoms with E-state index in [4.69, 9.17) is 18.0 Å². The minimum atomic E-state index is -0.275. The maximum atomic E-state index is 11.9. The highest BCUT2D eigenvalue weighted by Gasteiger charge is 2.31. The van der Waals surface area contributed by atoms with E-state index in [2.05, 4.69) is 0 Å². The number of nitrogens with two attached hydrogens (primary N) is 1. The van der Waals surface area contributed by atoms with E-state index in [1.807, 2.05) is 30.3 Å². The number of para-hydroxylation sites is 1. The fraction of sp³-hybridized carbons (Fsp3) is 0.250. The van der Waals surface area contributed by atoms with Crippen molar-refractivity contribution in [3.8, 4) is 0 Å². The van der Waals surface area contributed by atoms with E-state index in [1.54, 1.807) is 4.90 Å². The number of hydrogen-bond acceptors (Lipinski definition) is 4. The average Bonchev–Trinajstić information content (AvgIpc) is 2.34. The molecule has 94 valence electrons. The lowest BCUT2D eigenvalue weighted by Gasteiger charge is -2.33. The van der Waals surface area contributed by atoms with Crippen molar-refractivity contribution in [3.05, 3.63) is 30.3 Å². The van der Waals surface area contributed by atoms with Gasteiger partial charge in [-0.05, 0) is 12.1 Å². The molecular formula is C12H13N3O2S. The summed E-state index contributed by atoms with van der Waals surface area (Å²) in [5, 5.41) is 0. The largest absolute Gasteiger partial charge is 0.392 e. The number of benzene rings is 1. The van der Waals surface area contributed by atoms with Crippen LogP contribution in [0.3, 0.4) is 0 Å². The van der Waals surface area contributed by atoms with Gasteiger partial charge in [0.15, 0.2) is 0 Å². The molecule has 0 atom stereocenters. The summed E-state index contributed by atoms with van der Waals surface area (Å²) in [4.78, 5) is 26.7. The molecule has 2 N–H and O–H groups in total. The Morgan fingerprint density at radius 1 is 1.17 bits per heavy atom. The molecule has 2 rings (SSSR count). The number of rotatable bonds is 3. The summed E-state index contributed by atoms with van der Waals surface area (Å²) in [5.41, 5.74) is 6.22. The summed E-state index contributed by atoms with van der Waals surface area (Å²) < 4.78 is 0. The summed E-state index contributed by atoms with van der Waals surface area (Å²) in [7, 11) is 0. The molecule has 1 aliphatic heterocycles. The Labute approximate surface area is 110 Å². The molecule has 1 heterocycles. The number of amides is 2. The van der Waals surface area contributed by atoms with Gasteiger partial charge in [-0.25, -0.2) is 0 Å². The Balaban J connectivity index is 2.12. The van der Waals surface area contributed by atoms with Gasteiger partial charge in [0, 0.05) is 5.69 Å². The van der Waals surface area contributed by atoms with Crippen LogP contribution < -0.4 is 10.6 Å². The lowest BCUT2D eigenvalue weighted by molar-refractivity contribution is -0.144. The van der Waals surface area contributed by atoms with Crippen LogP contribution in [0.5, 0.6) is 0 Å². The Bertz CT molecular complexity index is 471. The smallest absolute Gasteiger partial charge is 0.249 e. The first-order valence-electron chi connectivity index (χ1n) is 5.49. The molecule has 0 radical (unpaired) electrons. The summed E-state index contributed by atoms with van der Waals surface area (Å²) in [6.07, 6.45) is 0. The molecule has 18 heavy (non-hydrogen) atoms. The number of thiocarbonyl (C=S) groups is 1. The fourth-order valence-corrected chi connectivity index (χ4v) is 1.97. The van der Waals surface area contributed by atoms with Crippen LogP contribution in [0.25, 0.3) is 0 Å². The monoisotopic (exact) mass is 263 g/mol. The van der Waals surface area contributed by atoms with E-state index in [0.717, 1.165) is 10.6 Å². The van der Waals surface area contributed by atoms with Crippen LogP contribution in [0.1, 0.15) is 0 Å². The number of nitrogens with zero attached hydrogens (tertiary/aromatic N) is 2. The average molecular weight is 263 g/mol. The van der Waals surface area contributed by atoms with Crippen LogP contribution in [0.4, 0.5) is 5.69 Å². The fourth-order valence-electron chi connectivity index (χ4n) is 1.85. The van der Waals surface area contributed by atoms with E-state index in [1.165, 1.54) is 0 Å². The normalized spacial score (nSPS) is 16.0. The number of carbonyl (C=O) groups excluding carboxylic acids is 2. The van der Waals surface area contributed by atoms with Gasteiger partial charge in [-0.15, -0.1) is 0 Å². The highest BCUT2D eigenvalue weighted by molar-refractivity contribution is 7.80. The standard InChI is InChI=1S/C12H13N3O2S/c13-10(18)6-15-11(16)7-14(8-12(15)17)9-4-2-1-3-5-9/h1-5H,6-8H2,(H2,13,18). The maximum Gasteiger partial charge on any atom is 0.249 e. The van der Waals surface area contributed by atoms with Crippen LogP contribution in [0.15, 0.2) is 30.3 Å². The van der Waals surface area contributed by atoms with Crippen molar-refractivity contribution in [2.45, 2.75) is 0 Å². The minimum absolute atomic E-state index is 0.0234. The molecule has 0 aliphatic carbocycles. The molecule has 1 aromatic carbocycles. The maximum absolute atomic E-state index is 11.9. The zero-order valence-corrected chi connectivity index (χ0v) is 10.5. The van der Waals surface area contributed by atoms with Gasteiger partial charge in [-0.1, -0.05) is 30.4 Å². The third-order valence-electron chi connectivity index (χ3n) is 2.69. The Hall–Kier alpha value is -1.95. The van der Waals surface area contributed by atoms with Crippen molar-refractivity contribution < 1.29 is 9.59 Å². The molecule has 5 nitrogen and oxygen atoms in total. The van der Waals surface area contributed by atoms with Crippen molar-refractivity contribution in [1.29, 1.82) is 0 Å². The predicted octanol–water partition coefficient (Wildman–Crippen LogP) is 0.148. The van der Waals surface area contributed by atoms with Gasteiger partial charge in [0.2, 0.25) is 11.8 Å². The molecule has 1 saturated heterocycles. The van der Waals surface area contributed by atoms with Crippen LogP contribution >= 0.6 is 12.2 Å². The first-order valence-corrected chi connectivity index (χ1v) is 5.90. The molecule has 1 aromatic rings. The molecule has 0 unspecified atom stereocenters. The number of piperazine rings is 1. The van der Waals surface area contributed by atoms with Gasteiger partial charge >= 0.3 is 0 Å². The third kappa shape index (κ3) is 2.65. The minimum Gasteiger partial charge on any atom is -0.392 e. The lowest BCUT2D eigenvalue weighted by Crippen LogP contribution is -2.55. The van der Waals surface area contributed by atoms with E-state index in [0.29, 0.717) is 0 Å². The number of anilines is 1. The van der Waals surface area contributed by atoms with Crippen molar-refractivity contribution in [2.24, 2.45) is 5.73 Å². The Morgan fingerprint density at radius 2 is 1.72 bits per heavy atom. The number of imide groups is 1. The first-order chi connectivity index (χ1) is 8.58. The van der Waals surface area contributed by atoms with Gasteiger partial charge in [0.05, 0.1) is 24.6 Å². The van der Waals surface area contributed by atoms with Gasteiger partial charge < -0.3 is 10.6 Å². The molecular weight excluding hydrogens is 250 g/mol. The first kappa shape index (κ1) is 12.5. The molecule has 2 amide bonds. The highest BCUT2D eigenvalue weighted by atomic mass is 32.1. The zero-order chi connectivity index (χ0) is 13.1. The molecule has 6 heteroatoms. The highest BCUT2D eigenvalue weighted by Crippen LogP contribution is 2.16. The van der Waals surface area contributed by atoms with Crippen molar-refractivity contribution in [2.75, 3.05) is 24.5 Å². The molecule has 0 spiro atoms. The van der Waals surface area contributed by atoms with Gasteiger partial charge in [0.1, 0.15) is 0 Å². The van der Waals surface area contributed by atoms with Gasteiger partial charge in [-0.2, -0.15) is 0 Å². The van der Waals surface area contributed by atoms with Crippen LogP contribution in [0, 0.1) is 0 Å². The van der Waals surface area contributed by atoms with E-state index < -0.39 is 0 Å². The SMILES string of the molecule is NC(=S)CN1C(=O)CN(c2ccccc2)CC1=O. The van der Waals surface area contributed by atoms with Crippen LogP contribution in [0.2, 0.25) is 0 Å². The second kappa shape index (κ2) is 5.14. The summed E-state index contributed by atoms with van der Waals surface area (Å²) >= 11 is 4.72. The zero-order valence-electron chi connectivity index (χ0n) is 9.70. The predicted molar refractivity (Wildman–Crippen MR) is 72.2 cm³/mol. The van der Waals surface area contributed by atoms with Crippen molar-refractivity contribution >= 4 is 34.7 Å². The number of carbonyl (C=O) groups is 2. The topological polar surface area (TPSA) is 66.6 Å². The van der Waals surface area contributed by atoms with Crippen molar-refractivity contribution in [1.82, 2.24) is 4.90 Å². The summed E-state index contributed by atoms with van der Waals surface area (Å²) in [6, 6.07) is 9.35. The van der Waals surface area contributed by atoms with Gasteiger partial charge in [0.25, 0.3) is 0 Å². The number of hydrogen-bond donors (Lipinski definition) is 1. The quantitative estimate of drug-likeness (QED) is 0.621. The molecule has 1 aliphatic rings. The van der Waals surface area contributed by atoms with E-state index in [-0.39, 0.29) is 36.4 Å². The molecule has 0 saturated carbocycles. The summed E-state index contributed by atoms with van der Waals surface area (Å²) in [6.45, 7) is 0.354. The molecule has 0 bridgehead atoms. The molecule has 0 aromatic heterocycles. The second-order valence-electron chi connectivity index (χ2n) is 4.03. The Morgan fingerprint density at radius 3 is 2.22 bits per heavy atom. The van der Waals surface area contributed by atoms with Gasteiger partial charge in [-0.3, -0.25) is 14.5 Å².